The molecule has 0 amide bonds. The Morgan fingerprint density at radius 3 is 1.78 bits per heavy atom. The first kappa shape index (κ1) is 14.5. The lowest BCUT2D eigenvalue weighted by atomic mass is 9.54. The third kappa shape index (κ3) is 1.66. The van der Waals surface area contributed by atoms with Crippen molar-refractivity contribution in [1.82, 2.24) is 0 Å². The maximum Gasteiger partial charge on any atom is 0.309 e. The third-order valence-electron chi connectivity index (χ3n) is 5.07. The van der Waals surface area contributed by atoms with Crippen molar-refractivity contribution in [3.05, 3.63) is 70.8 Å². The van der Waals surface area contributed by atoms with Gasteiger partial charge in [0, 0.05) is 5.92 Å². The highest BCUT2D eigenvalue weighted by molar-refractivity contribution is 9.09. The fraction of sp³-hybridized carbons (Fsp3) is 0.222. The molecule has 3 aliphatic rings. The van der Waals surface area contributed by atoms with Gasteiger partial charge in [0.1, 0.15) is 0 Å². The number of halogens is 1. The van der Waals surface area contributed by atoms with Gasteiger partial charge >= 0.3 is 11.9 Å². The Morgan fingerprint density at radius 2 is 1.35 bits per heavy atom. The van der Waals surface area contributed by atoms with Crippen molar-refractivity contribution in [2.24, 2.45) is 11.8 Å². The van der Waals surface area contributed by atoms with Gasteiger partial charge in [-0.15, -0.1) is 0 Å². The van der Waals surface area contributed by atoms with Crippen LogP contribution in [0.4, 0.5) is 0 Å². The molecule has 2 atom stereocenters. The summed E-state index contributed by atoms with van der Waals surface area (Å²) in [6.07, 6.45) is 0. The summed E-state index contributed by atoms with van der Waals surface area (Å²) in [6.45, 7) is 0. The van der Waals surface area contributed by atoms with Crippen molar-refractivity contribution < 1.29 is 19.8 Å². The van der Waals surface area contributed by atoms with Crippen molar-refractivity contribution in [3.8, 4) is 0 Å². The van der Waals surface area contributed by atoms with E-state index < -0.39 is 34.0 Å². The van der Waals surface area contributed by atoms with Crippen LogP contribution in [0.2, 0.25) is 0 Å². The van der Waals surface area contributed by atoms with E-state index >= 15 is 0 Å². The minimum absolute atomic E-state index is 0.444. The Hall–Kier alpha value is -2.14. The zero-order chi connectivity index (χ0) is 16.4. The van der Waals surface area contributed by atoms with Crippen LogP contribution in [0.15, 0.2) is 48.5 Å². The summed E-state index contributed by atoms with van der Waals surface area (Å²) in [4.78, 5) is 23.9. The van der Waals surface area contributed by atoms with Crippen molar-refractivity contribution in [2.45, 2.75) is 10.2 Å². The Labute approximate surface area is 140 Å². The molecule has 0 heterocycles. The second-order valence-corrected chi connectivity index (χ2v) is 7.29. The van der Waals surface area contributed by atoms with E-state index in [1.54, 1.807) is 0 Å². The number of hydrogen-bond acceptors (Lipinski definition) is 2. The molecule has 0 fully saturated rings. The van der Waals surface area contributed by atoms with Crippen LogP contribution in [-0.4, -0.2) is 22.2 Å². The molecule has 4 nitrogen and oxygen atoms in total. The van der Waals surface area contributed by atoms with E-state index in [4.69, 9.17) is 0 Å². The number of fused-ring (bicyclic) bond motifs is 1. The quantitative estimate of drug-likeness (QED) is 0.793. The van der Waals surface area contributed by atoms with Crippen LogP contribution in [-0.2, 0) is 13.9 Å². The van der Waals surface area contributed by atoms with E-state index in [9.17, 15) is 19.8 Å². The minimum atomic E-state index is -1.09. The number of carboxylic acid groups (broad SMARTS) is 2. The summed E-state index contributed by atoms with van der Waals surface area (Å²) < 4.78 is -1.02. The van der Waals surface area contributed by atoms with E-state index in [1.165, 1.54) is 0 Å². The normalized spacial score (nSPS) is 30.4. The minimum Gasteiger partial charge on any atom is -0.481 e. The summed E-state index contributed by atoms with van der Waals surface area (Å²) in [7, 11) is 0. The van der Waals surface area contributed by atoms with Crippen LogP contribution in [0.5, 0.6) is 0 Å². The van der Waals surface area contributed by atoms with Gasteiger partial charge in [-0.3, -0.25) is 9.59 Å². The van der Waals surface area contributed by atoms with E-state index in [2.05, 4.69) is 15.9 Å². The average Bonchev–Trinajstić information content (AvgIpc) is 2.54. The van der Waals surface area contributed by atoms with Gasteiger partial charge in [0.15, 0.2) is 0 Å². The largest absolute Gasteiger partial charge is 0.481 e. The first-order chi connectivity index (χ1) is 11.0. The Bertz CT molecular complexity index is 797. The first-order valence-electron chi connectivity index (χ1n) is 7.31. The molecule has 5 rings (SSSR count). The predicted octanol–water partition coefficient (Wildman–Crippen LogP) is 3.19. The van der Waals surface area contributed by atoms with E-state index in [1.807, 2.05) is 48.5 Å². The maximum atomic E-state index is 12.0. The Morgan fingerprint density at radius 1 is 0.870 bits per heavy atom. The highest BCUT2D eigenvalue weighted by Crippen LogP contribution is 2.64. The molecule has 116 valence electrons. The lowest BCUT2D eigenvalue weighted by Crippen LogP contribution is -2.54. The second kappa shape index (κ2) is 4.68. The standard InChI is InChI=1S/C18H13BrO4/c19-18-11-7-3-1-5-9(11)13(10-6-2-4-8-12(10)18)14(16(20)21)15(18)17(22)23/h1-8,13-15H,(H,20,21)(H,22,23). The fourth-order valence-corrected chi connectivity index (χ4v) is 5.49. The van der Waals surface area contributed by atoms with Crippen LogP contribution in [0.25, 0.3) is 0 Å². The van der Waals surface area contributed by atoms with Crippen molar-refractivity contribution in [3.63, 3.8) is 0 Å². The molecule has 0 saturated carbocycles. The molecule has 2 aromatic rings. The number of carbonyl (C=O) groups is 2. The van der Waals surface area contributed by atoms with Gasteiger partial charge in [0.2, 0.25) is 0 Å². The average molecular weight is 373 g/mol. The van der Waals surface area contributed by atoms with Crippen LogP contribution in [0, 0.1) is 11.8 Å². The molecule has 3 aliphatic carbocycles. The smallest absolute Gasteiger partial charge is 0.309 e. The van der Waals surface area contributed by atoms with Crippen molar-refractivity contribution in [1.29, 1.82) is 0 Å². The Kier molecular flexibility index (Phi) is 2.94. The number of benzene rings is 2. The zero-order valence-electron chi connectivity index (χ0n) is 11.9. The van der Waals surface area contributed by atoms with Gasteiger partial charge < -0.3 is 10.2 Å². The molecule has 23 heavy (non-hydrogen) atoms. The highest BCUT2D eigenvalue weighted by atomic mass is 79.9. The molecule has 2 aromatic carbocycles. The van der Waals surface area contributed by atoms with Crippen LogP contribution in [0.3, 0.4) is 0 Å². The Balaban J connectivity index is 2.14. The molecular formula is C18H13BrO4. The molecule has 0 spiro atoms. The van der Waals surface area contributed by atoms with Gasteiger partial charge in [-0.1, -0.05) is 64.5 Å². The number of alkyl halides is 1. The molecule has 0 radical (unpaired) electrons. The summed E-state index contributed by atoms with van der Waals surface area (Å²) >= 11 is 3.66. The fourth-order valence-electron chi connectivity index (χ4n) is 4.28. The van der Waals surface area contributed by atoms with Gasteiger partial charge in [0.05, 0.1) is 16.2 Å². The molecule has 0 aromatic heterocycles. The van der Waals surface area contributed by atoms with E-state index in [0.29, 0.717) is 0 Å². The maximum absolute atomic E-state index is 12.0. The van der Waals surface area contributed by atoms with Gasteiger partial charge in [0.25, 0.3) is 0 Å². The zero-order valence-corrected chi connectivity index (χ0v) is 13.5. The monoisotopic (exact) mass is 372 g/mol. The summed E-state index contributed by atoms with van der Waals surface area (Å²) in [5, 5.41) is 19.6. The van der Waals surface area contributed by atoms with Crippen LogP contribution < -0.4 is 0 Å². The van der Waals surface area contributed by atoms with Gasteiger partial charge in [-0.25, -0.2) is 0 Å². The van der Waals surface area contributed by atoms with E-state index in [0.717, 1.165) is 22.3 Å². The van der Waals surface area contributed by atoms with Crippen molar-refractivity contribution >= 4 is 27.9 Å². The molecular weight excluding hydrogens is 360 g/mol. The molecule has 5 heteroatoms. The molecule has 2 bridgehead atoms. The van der Waals surface area contributed by atoms with Crippen LogP contribution in [0.1, 0.15) is 28.2 Å². The van der Waals surface area contributed by atoms with Crippen molar-refractivity contribution in [2.75, 3.05) is 0 Å². The highest BCUT2D eigenvalue weighted by Gasteiger charge is 2.62. The summed E-state index contributed by atoms with van der Waals surface area (Å²) in [5.74, 6) is -4.68. The summed E-state index contributed by atoms with van der Waals surface area (Å²) in [5.41, 5.74) is 3.50. The SMILES string of the molecule is O=C(O)C1C2c3ccccc3C(Br)(c3ccccc32)C1C(=O)O. The third-order valence-corrected chi connectivity index (χ3v) is 6.42. The van der Waals surface area contributed by atoms with E-state index in [-0.39, 0.29) is 0 Å². The van der Waals surface area contributed by atoms with Gasteiger partial charge in [-0.2, -0.15) is 0 Å². The number of carboxylic acids is 2. The van der Waals surface area contributed by atoms with Gasteiger partial charge in [-0.05, 0) is 22.3 Å². The summed E-state index contributed by atoms with van der Waals surface area (Å²) in [6, 6.07) is 15.0. The van der Waals surface area contributed by atoms with Crippen LogP contribution >= 0.6 is 15.9 Å². The molecule has 2 unspecified atom stereocenters. The predicted molar refractivity (Wildman–Crippen MR) is 86.7 cm³/mol. The second-order valence-electron chi connectivity index (χ2n) is 6.04. The number of hydrogen-bond donors (Lipinski definition) is 2. The lowest BCUT2D eigenvalue weighted by Gasteiger charge is -2.52. The molecule has 2 N–H and O–H groups in total. The lowest BCUT2D eigenvalue weighted by molar-refractivity contribution is -0.156. The topological polar surface area (TPSA) is 74.6 Å². The molecule has 0 saturated heterocycles. The molecule has 0 aliphatic heterocycles. The first-order valence-corrected chi connectivity index (χ1v) is 8.10. The number of aliphatic carboxylic acids is 2. The number of rotatable bonds is 2.